The summed E-state index contributed by atoms with van der Waals surface area (Å²) in [4.78, 5) is 21.5. The lowest BCUT2D eigenvalue weighted by molar-refractivity contribution is -0.141. The zero-order valence-electron chi connectivity index (χ0n) is 12.5. The van der Waals surface area contributed by atoms with Crippen LogP contribution in [0.1, 0.15) is 17.6 Å². The number of H-pyrrole nitrogens is 1. The van der Waals surface area contributed by atoms with E-state index in [1.165, 1.54) is 0 Å². The molecule has 1 aliphatic heterocycles. The van der Waals surface area contributed by atoms with Gasteiger partial charge in [-0.3, -0.25) is 4.79 Å². The van der Waals surface area contributed by atoms with Crippen molar-refractivity contribution in [2.24, 2.45) is 0 Å². The Morgan fingerprint density at radius 1 is 1.45 bits per heavy atom. The molecular formula is C16H19N3O3. The predicted molar refractivity (Wildman–Crippen MR) is 80.5 cm³/mol. The van der Waals surface area contributed by atoms with Gasteiger partial charge in [-0.15, -0.1) is 0 Å². The fourth-order valence-electron chi connectivity index (χ4n) is 2.39. The van der Waals surface area contributed by atoms with Crippen molar-refractivity contribution >= 4 is 5.91 Å². The van der Waals surface area contributed by atoms with Crippen LogP contribution >= 0.6 is 0 Å². The molecule has 6 heteroatoms. The molecule has 22 heavy (non-hydrogen) atoms. The van der Waals surface area contributed by atoms with Gasteiger partial charge in [0.15, 0.2) is 6.61 Å². The lowest BCUT2D eigenvalue weighted by atomic mass is 10.2. The van der Waals surface area contributed by atoms with Gasteiger partial charge in [-0.05, 0) is 19.1 Å². The molecule has 0 bridgehead atoms. The Labute approximate surface area is 129 Å². The normalized spacial score (nSPS) is 18.2. The number of ether oxygens (including phenoxy) is 2. The molecule has 1 aliphatic rings. The molecule has 1 atom stereocenters. The molecule has 1 amide bonds. The minimum Gasteiger partial charge on any atom is -0.484 e. The molecule has 1 fully saturated rings. The van der Waals surface area contributed by atoms with Crippen LogP contribution in [0.5, 0.6) is 5.75 Å². The van der Waals surface area contributed by atoms with Crippen molar-refractivity contribution in [1.29, 1.82) is 0 Å². The van der Waals surface area contributed by atoms with Gasteiger partial charge in [0, 0.05) is 18.4 Å². The van der Waals surface area contributed by atoms with E-state index < -0.39 is 0 Å². The molecule has 0 aliphatic carbocycles. The number of rotatable bonds is 4. The Hall–Kier alpha value is -2.34. The SMILES string of the molecule is Cc1cnc([C@@H]2CN(C(=O)COc3ccccc3)CCO2)[nH]1. The molecule has 2 aromatic rings. The Morgan fingerprint density at radius 2 is 2.27 bits per heavy atom. The average Bonchev–Trinajstić information content (AvgIpc) is 3.00. The summed E-state index contributed by atoms with van der Waals surface area (Å²) in [5.74, 6) is 1.42. The summed E-state index contributed by atoms with van der Waals surface area (Å²) < 4.78 is 11.2. The monoisotopic (exact) mass is 301 g/mol. The van der Waals surface area contributed by atoms with Crippen molar-refractivity contribution in [3.63, 3.8) is 0 Å². The van der Waals surface area contributed by atoms with Crippen LogP contribution in [0.4, 0.5) is 0 Å². The van der Waals surface area contributed by atoms with E-state index in [9.17, 15) is 4.79 Å². The van der Waals surface area contributed by atoms with Crippen molar-refractivity contribution in [2.45, 2.75) is 13.0 Å². The number of aromatic amines is 1. The summed E-state index contributed by atoms with van der Waals surface area (Å²) in [6.07, 6.45) is 1.56. The maximum absolute atomic E-state index is 12.3. The number of hydrogen-bond acceptors (Lipinski definition) is 4. The van der Waals surface area contributed by atoms with Crippen molar-refractivity contribution in [3.8, 4) is 5.75 Å². The number of hydrogen-bond donors (Lipinski definition) is 1. The first-order valence-corrected chi connectivity index (χ1v) is 7.31. The van der Waals surface area contributed by atoms with Crippen molar-refractivity contribution in [3.05, 3.63) is 48.0 Å². The highest BCUT2D eigenvalue weighted by molar-refractivity contribution is 5.77. The van der Waals surface area contributed by atoms with Crippen LogP contribution < -0.4 is 4.74 Å². The molecule has 1 N–H and O–H groups in total. The molecule has 3 rings (SSSR count). The summed E-state index contributed by atoms with van der Waals surface area (Å²) in [6, 6.07) is 9.34. The number of carbonyl (C=O) groups excluding carboxylic acids is 1. The zero-order valence-corrected chi connectivity index (χ0v) is 12.5. The number of nitrogens with one attached hydrogen (secondary N) is 1. The van der Waals surface area contributed by atoms with E-state index in [1.54, 1.807) is 11.1 Å². The quantitative estimate of drug-likeness (QED) is 0.933. The average molecular weight is 301 g/mol. The van der Waals surface area contributed by atoms with E-state index in [1.807, 2.05) is 37.3 Å². The topological polar surface area (TPSA) is 67.5 Å². The number of morpholine rings is 1. The molecule has 1 aromatic carbocycles. The number of benzene rings is 1. The third-order valence-electron chi connectivity index (χ3n) is 3.55. The molecule has 2 heterocycles. The number of amides is 1. The smallest absolute Gasteiger partial charge is 0.260 e. The van der Waals surface area contributed by atoms with Crippen LogP contribution in [0.15, 0.2) is 36.5 Å². The molecule has 116 valence electrons. The minimum absolute atomic E-state index is 0.0356. The van der Waals surface area contributed by atoms with Crippen LogP contribution in [0, 0.1) is 6.92 Å². The van der Waals surface area contributed by atoms with Gasteiger partial charge in [0.1, 0.15) is 17.7 Å². The van der Waals surface area contributed by atoms with Crippen LogP contribution in [-0.4, -0.2) is 47.1 Å². The van der Waals surface area contributed by atoms with Crippen molar-refractivity contribution in [1.82, 2.24) is 14.9 Å². The lowest BCUT2D eigenvalue weighted by Gasteiger charge is -2.32. The Bertz CT molecular complexity index is 627. The predicted octanol–water partition coefficient (Wildman–Crippen LogP) is 1.70. The minimum atomic E-state index is -0.205. The van der Waals surface area contributed by atoms with Gasteiger partial charge in [0.2, 0.25) is 0 Å². The van der Waals surface area contributed by atoms with Gasteiger partial charge < -0.3 is 19.4 Å². The highest BCUT2D eigenvalue weighted by Crippen LogP contribution is 2.20. The number of carbonyl (C=O) groups is 1. The number of aryl methyl sites for hydroxylation is 1. The molecule has 0 saturated carbocycles. The number of nitrogens with zero attached hydrogens (tertiary/aromatic N) is 2. The maximum atomic E-state index is 12.3. The van der Waals surface area contributed by atoms with Gasteiger partial charge >= 0.3 is 0 Å². The molecule has 1 aromatic heterocycles. The fourth-order valence-corrected chi connectivity index (χ4v) is 2.39. The molecule has 0 spiro atoms. The van der Waals surface area contributed by atoms with Gasteiger partial charge in [-0.2, -0.15) is 0 Å². The molecule has 1 saturated heterocycles. The first-order chi connectivity index (χ1) is 10.7. The standard InChI is InChI=1S/C16H19N3O3/c1-12-9-17-16(18-12)14-10-19(7-8-21-14)15(20)11-22-13-5-3-2-4-6-13/h2-6,9,14H,7-8,10-11H2,1H3,(H,17,18)/t14-/m0/s1. The van der Waals surface area contributed by atoms with Gasteiger partial charge in [0.25, 0.3) is 5.91 Å². The number of para-hydroxylation sites is 1. The summed E-state index contributed by atoms with van der Waals surface area (Å²) in [6.45, 7) is 3.54. The van der Waals surface area contributed by atoms with E-state index in [-0.39, 0.29) is 18.6 Å². The zero-order chi connectivity index (χ0) is 15.4. The fraction of sp³-hybridized carbons (Fsp3) is 0.375. The van der Waals surface area contributed by atoms with Crippen LogP contribution in [0.2, 0.25) is 0 Å². The van der Waals surface area contributed by atoms with Gasteiger partial charge in [-0.1, -0.05) is 18.2 Å². The second kappa shape index (κ2) is 6.62. The third-order valence-corrected chi connectivity index (χ3v) is 3.55. The van der Waals surface area contributed by atoms with Crippen molar-refractivity contribution < 1.29 is 14.3 Å². The third kappa shape index (κ3) is 3.46. The van der Waals surface area contributed by atoms with E-state index in [2.05, 4.69) is 9.97 Å². The second-order valence-corrected chi connectivity index (χ2v) is 5.25. The van der Waals surface area contributed by atoms with Gasteiger partial charge in [-0.25, -0.2) is 4.98 Å². The van der Waals surface area contributed by atoms with Crippen LogP contribution in [-0.2, 0) is 9.53 Å². The highest BCUT2D eigenvalue weighted by atomic mass is 16.5. The van der Waals surface area contributed by atoms with E-state index in [4.69, 9.17) is 9.47 Å². The van der Waals surface area contributed by atoms with Gasteiger partial charge in [0.05, 0.1) is 13.2 Å². The lowest BCUT2D eigenvalue weighted by Crippen LogP contribution is -2.44. The van der Waals surface area contributed by atoms with E-state index in [0.29, 0.717) is 25.4 Å². The maximum Gasteiger partial charge on any atom is 0.260 e. The second-order valence-electron chi connectivity index (χ2n) is 5.25. The summed E-state index contributed by atoms with van der Waals surface area (Å²) in [5, 5.41) is 0. The van der Waals surface area contributed by atoms with E-state index in [0.717, 1.165) is 11.5 Å². The summed E-state index contributed by atoms with van der Waals surface area (Å²) in [5.41, 5.74) is 0.981. The Balaban J connectivity index is 1.56. The molecule has 6 nitrogen and oxygen atoms in total. The first-order valence-electron chi connectivity index (χ1n) is 7.31. The molecular weight excluding hydrogens is 282 g/mol. The number of aromatic nitrogens is 2. The Kier molecular flexibility index (Phi) is 4.39. The van der Waals surface area contributed by atoms with Crippen LogP contribution in [0.3, 0.4) is 0 Å². The molecule has 0 radical (unpaired) electrons. The first kappa shape index (κ1) is 14.6. The largest absolute Gasteiger partial charge is 0.484 e. The van der Waals surface area contributed by atoms with Crippen LogP contribution in [0.25, 0.3) is 0 Å². The number of imidazole rings is 1. The van der Waals surface area contributed by atoms with E-state index >= 15 is 0 Å². The van der Waals surface area contributed by atoms with Crippen molar-refractivity contribution in [2.75, 3.05) is 26.3 Å². The summed E-state index contributed by atoms with van der Waals surface area (Å²) >= 11 is 0. The Morgan fingerprint density at radius 3 is 3.00 bits per heavy atom. The molecule has 0 unspecified atom stereocenters. The highest BCUT2D eigenvalue weighted by Gasteiger charge is 2.27. The summed E-state index contributed by atoms with van der Waals surface area (Å²) in [7, 11) is 0.